The van der Waals surface area contributed by atoms with Crippen molar-refractivity contribution in [3.63, 3.8) is 0 Å². The molecule has 4 atom stereocenters. The molecular formula is C13H20O4. The molecule has 0 aromatic carbocycles. The van der Waals surface area contributed by atoms with Crippen molar-refractivity contribution in [2.24, 2.45) is 11.8 Å². The van der Waals surface area contributed by atoms with Crippen LogP contribution < -0.4 is 0 Å². The highest BCUT2D eigenvalue weighted by Crippen LogP contribution is 2.33. The predicted octanol–water partition coefficient (Wildman–Crippen LogP) is 1.34. The van der Waals surface area contributed by atoms with Crippen molar-refractivity contribution in [3.8, 4) is 0 Å². The predicted molar refractivity (Wildman–Crippen MR) is 64.4 cm³/mol. The van der Waals surface area contributed by atoms with E-state index >= 15 is 0 Å². The fraction of sp³-hybridized carbons (Fsp3) is 0.615. The molecule has 4 nitrogen and oxygen atoms in total. The number of allylic oxidation sites excluding steroid dienone is 4. The molecule has 96 valence electrons. The molecule has 0 unspecified atom stereocenters. The highest BCUT2D eigenvalue weighted by molar-refractivity contribution is 5.72. The van der Waals surface area contributed by atoms with Crippen molar-refractivity contribution in [1.82, 2.24) is 0 Å². The van der Waals surface area contributed by atoms with Gasteiger partial charge in [0, 0.05) is 0 Å². The van der Waals surface area contributed by atoms with Crippen LogP contribution >= 0.6 is 0 Å². The number of rotatable bonds is 5. The first-order chi connectivity index (χ1) is 8.07. The van der Waals surface area contributed by atoms with Gasteiger partial charge in [0.05, 0.1) is 18.1 Å². The van der Waals surface area contributed by atoms with E-state index < -0.39 is 24.1 Å². The average molecular weight is 240 g/mol. The van der Waals surface area contributed by atoms with Gasteiger partial charge in [-0.15, -0.1) is 0 Å². The number of aliphatic carboxylic acids is 1. The lowest BCUT2D eigenvalue weighted by Crippen LogP contribution is -2.31. The largest absolute Gasteiger partial charge is 0.481 e. The van der Waals surface area contributed by atoms with Gasteiger partial charge < -0.3 is 15.3 Å². The second kappa shape index (κ2) is 6.57. The van der Waals surface area contributed by atoms with E-state index in [1.807, 2.05) is 12.2 Å². The van der Waals surface area contributed by atoms with Gasteiger partial charge >= 0.3 is 5.97 Å². The second-order valence-electron chi connectivity index (χ2n) is 4.42. The van der Waals surface area contributed by atoms with E-state index in [4.69, 9.17) is 5.11 Å². The van der Waals surface area contributed by atoms with Crippen molar-refractivity contribution in [2.45, 2.75) is 38.4 Å². The number of unbranched alkanes of at least 4 members (excludes halogenated alkanes) is 1. The molecule has 0 radical (unpaired) electrons. The minimum absolute atomic E-state index is 0.302. The quantitative estimate of drug-likeness (QED) is 0.634. The molecule has 0 spiro atoms. The Hall–Kier alpha value is -1.13. The van der Waals surface area contributed by atoms with Crippen molar-refractivity contribution < 1.29 is 20.1 Å². The molecule has 0 aromatic rings. The van der Waals surface area contributed by atoms with Gasteiger partial charge in [0.2, 0.25) is 0 Å². The summed E-state index contributed by atoms with van der Waals surface area (Å²) in [7, 11) is 0. The van der Waals surface area contributed by atoms with Gasteiger partial charge in [-0.2, -0.15) is 0 Å². The minimum atomic E-state index is -1.17. The lowest BCUT2D eigenvalue weighted by molar-refractivity contribution is -0.146. The van der Waals surface area contributed by atoms with Gasteiger partial charge in [-0.1, -0.05) is 37.6 Å². The Labute approximate surface area is 101 Å². The number of hydrogen-bond acceptors (Lipinski definition) is 3. The zero-order valence-corrected chi connectivity index (χ0v) is 9.99. The summed E-state index contributed by atoms with van der Waals surface area (Å²) in [5.74, 6) is -2.26. The van der Waals surface area contributed by atoms with Crippen LogP contribution in [0.5, 0.6) is 0 Å². The number of aliphatic hydroxyl groups excluding tert-OH is 2. The van der Waals surface area contributed by atoms with E-state index in [0.29, 0.717) is 6.42 Å². The van der Waals surface area contributed by atoms with Gasteiger partial charge in [-0.05, 0) is 18.8 Å². The number of aliphatic hydroxyl groups is 2. The van der Waals surface area contributed by atoms with Crippen LogP contribution in [0.25, 0.3) is 0 Å². The molecule has 1 aliphatic carbocycles. The van der Waals surface area contributed by atoms with E-state index in [-0.39, 0.29) is 5.92 Å². The monoisotopic (exact) mass is 240 g/mol. The number of carboxylic acid groups (broad SMARTS) is 1. The van der Waals surface area contributed by atoms with Crippen LogP contribution in [-0.2, 0) is 4.79 Å². The van der Waals surface area contributed by atoms with E-state index in [2.05, 4.69) is 6.92 Å². The molecule has 17 heavy (non-hydrogen) atoms. The van der Waals surface area contributed by atoms with Crippen LogP contribution in [0.2, 0.25) is 0 Å². The maximum absolute atomic E-state index is 11.0. The van der Waals surface area contributed by atoms with E-state index in [9.17, 15) is 15.0 Å². The molecular weight excluding hydrogens is 220 g/mol. The minimum Gasteiger partial charge on any atom is -0.481 e. The van der Waals surface area contributed by atoms with E-state index in [1.54, 1.807) is 12.2 Å². The van der Waals surface area contributed by atoms with Gasteiger partial charge in [0.25, 0.3) is 0 Å². The maximum Gasteiger partial charge on any atom is 0.309 e. The highest BCUT2D eigenvalue weighted by Gasteiger charge is 2.44. The molecule has 3 N–H and O–H groups in total. The van der Waals surface area contributed by atoms with E-state index in [0.717, 1.165) is 12.8 Å². The Balaban J connectivity index is 2.60. The average Bonchev–Trinajstić information content (AvgIpc) is 2.54. The van der Waals surface area contributed by atoms with Crippen molar-refractivity contribution in [3.05, 3.63) is 24.3 Å². The Kier molecular flexibility index (Phi) is 5.38. The summed E-state index contributed by atoms with van der Waals surface area (Å²) in [5, 5.41) is 28.0. The fourth-order valence-corrected chi connectivity index (χ4v) is 2.13. The fourth-order valence-electron chi connectivity index (χ4n) is 2.13. The standard InChI is InChI=1S/C13H20O4/c1-2-3-4-5-6-7-9-8-10(14)12(15)11(9)13(16)17/h4-7,9-12,14-15H,2-3,8H2,1H3,(H,16,17)/b5-4+,7-6+/t9-,10+,11+,12-/m1/s1. The van der Waals surface area contributed by atoms with Crippen molar-refractivity contribution in [2.75, 3.05) is 0 Å². The summed E-state index contributed by atoms with van der Waals surface area (Å²) >= 11 is 0. The molecule has 0 amide bonds. The van der Waals surface area contributed by atoms with Crippen molar-refractivity contribution >= 4 is 5.97 Å². The molecule has 1 saturated carbocycles. The number of carbonyl (C=O) groups is 1. The topological polar surface area (TPSA) is 77.8 Å². The highest BCUT2D eigenvalue weighted by atomic mass is 16.4. The second-order valence-corrected chi connectivity index (χ2v) is 4.42. The molecule has 1 fully saturated rings. The van der Waals surface area contributed by atoms with Crippen LogP contribution in [0.4, 0.5) is 0 Å². The summed E-state index contributed by atoms with van der Waals surface area (Å²) in [4.78, 5) is 11.0. The summed E-state index contributed by atoms with van der Waals surface area (Å²) < 4.78 is 0. The van der Waals surface area contributed by atoms with E-state index in [1.165, 1.54) is 0 Å². The Bertz CT molecular complexity index is 309. The number of hydrogen-bond donors (Lipinski definition) is 3. The molecule has 0 aliphatic heterocycles. The van der Waals surface area contributed by atoms with Crippen LogP contribution in [0.3, 0.4) is 0 Å². The van der Waals surface area contributed by atoms with Crippen LogP contribution in [0, 0.1) is 11.8 Å². The third kappa shape index (κ3) is 3.68. The molecule has 1 aliphatic rings. The molecule has 4 heteroatoms. The zero-order valence-electron chi connectivity index (χ0n) is 9.99. The zero-order chi connectivity index (χ0) is 12.8. The smallest absolute Gasteiger partial charge is 0.309 e. The summed E-state index contributed by atoms with van der Waals surface area (Å²) in [6, 6.07) is 0. The van der Waals surface area contributed by atoms with Crippen LogP contribution in [-0.4, -0.2) is 33.5 Å². The first-order valence-corrected chi connectivity index (χ1v) is 6.00. The van der Waals surface area contributed by atoms with Gasteiger partial charge in [-0.25, -0.2) is 0 Å². The lowest BCUT2D eigenvalue weighted by atomic mass is 9.94. The summed E-state index contributed by atoms with van der Waals surface area (Å²) in [6.07, 6.45) is 7.69. The molecule has 0 aromatic heterocycles. The Morgan fingerprint density at radius 2 is 2.06 bits per heavy atom. The van der Waals surface area contributed by atoms with Crippen LogP contribution in [0.1, 0.15) is 26.2 Å². The van der Waals surface area contributed by atoms with Gasteiger partial charge in [0.15, 0.2) is 0 Å². The first kappa shape index (κ1) is 13.9. The molecule has 0 bridgehead atoms. The van der Waals surface area contributed by atoms with Crippen LogP contribution in [0.15, 0.2) is 24.3 Å². The lowest BCUT2D eigenvalue weighted by Gasteiger charge is -2.14. The maximum atomic E-state index is 11.0. The van der Waals surface area contributed by atoms with Crippen molar-refractivity contribution in [1.29, 1.82) is 0 Å². The van der Waals surface area contributed by atoms with Gasteiger partial charge in [0.1, 0.15) is 0 Å². The molecule has 0 saturated heterocycles. The normalized spacial score (nSPS) is 33.8. The third-order valence-corrected chi connectivity index (χ3v) is 3.08. The Morgan fingerprint density at radius 3 is 2.65 bits per heavy atom. The SMILES string of the molecule is CCC/C=C/C=C/[C@@H]1C[C@H](O)[C@@H](O)[C@H]1C(=O)O. The first-order valence-electron chi connectivity index (χ1n) is 6.00. The molecule has 0 heterocycles. The third-order valence-electron chi connectivity index (χ3n) is 3.08. The van der Waals surface area contributed by atoms with Gasteiger partial charge in [-0.3, -0.25) is 4.79 Å². The summed E-state index contributed by atoms with van der Waals surface area (Å²) in [6.45, 7) is 2.08. The molecule has 1 rings (SSSR count). The Morgan fingerprint density at radius 1 is 1.35 bits per heavy atom. The number of carboxylic acids is 1. The summed E-state index contributed by atoms with van der Waals surface area (Å²) in [5.41, 5.74) is 0.